The number of ether oxygens (including phenoxy) is 1. The molecular weight excluding hydrogens is 208 g/mol. The molecule has 0 aliphatic heterocycles. The fraction of sp³-hybridized carbons (Fsp3) is 0.0833. The van der Waals surface area contributed by atoms with E-state index in [1.807, 2.05) is 29.0 Å². The first-order valence-electron chi connectivity index (χ1n) is 4.51. The first-order chi connectivity index (χ1) is 7.36. The van der Waals surface area contributed by atoms with Gasteiger partial charge in [-0.3, -0.25) is 4.79 Å². The van der Waals surface area contributed by atoms with Crippen molar-refractivity contribution in [2.75, 3.05) is 7.11 Å². The normalized spacial score (nSPS) is 9.93. The monoisotopic (exact) mass is 218 g/mol. The van der Waals surface area contributed by atoms with Gasteiger partial charge in [0.05, 0.1) is 12.7 Å². The van der Waals surface area contributed by atoms with E-state index < -0.39 is 0 Å². The molecule has 0 saturated carbocycles. The summed E-state index contributed by atoms with van der Waals surface area (Å²) < 4.78 is 5.26. The Labute approximate surface area is 92.1 Å². The van der Waals surface area contributed by atoms with E-state index in [4.69, 9.17) is 4.74 Å². The number of methoxy groups -OCH3 is 1. The number of aldehydes is 1. The second-order valence-corrected chi connectivity index (χ2v) is 3.84. The van der Waals surface area contributed by atoms with Crippen LogP contribution < -0.4 is 4.74 Å². The molecule has 2 rings (SSSR count). The van der Waals surface area contributed by atoms with Gasteiger partial charge in [0.25, 0.3) is 0 Å². The minimum Gasteiger partial charge on any atom is -0.495 e. The third-order valence-electron chi connectivity index (χ3n) is 2.21. The van der Waals surface area contributed by atoms with E-state index in [0.29, 0.717) is 11.3 Å². The first kappa shape index (κ1) is 9.93. The van der Waals surface area contributed by atoms with Crippen LogP contribution in [-0.2, 0) is 0 Å². The number of hydrogen-bond donors (Lipinski definition) is 0. The molecule has 2 aromatic rings. The van der Waals surface area contributed by atoms with E-state index in [0.717, 1.165) is 17.4 Å². The van der Waals surface area contributed by atoms with Crippen molar-refractivity contribution < 1.29 is 9.53 Å². The van der Waals surface area contributed by atoms with Crippen LogP contribution in [0.4, 0.5) is 0 Å². The lowest BCUT2D eigenvalue weighted by Crippen LogP contribution is -1.92. The van der Waals surface area contributed by atoms with Gasteiger partial charge in [0.2, 0.25) is 0 Å². The molecule has 0 fully saturated rings. The first-order valence-corrected chi connectivity index (χ1v) is 5.46. The zero-order valence-electron chi connectivity index (χ0n) is 8.27. The Morgan fingerprint density at radius 1 is 1.33 bits per heavy atom. The predicted molar refractivity (Wildman–Crippen MR) is 61.7 cm³/mol. The Morgan fingerprint density at radius 2 is 2.20 bits per heavy atom. The van der Waals surface area contributed by atoms with Crippen LogP contribution in [0.5, 0.6) is 5.75 Å². The molecule has 76 valence electrons. The van der Waals surface area contributed by atoms with Gasteiger partial charge in [0.1, 0.15) is 5.75 Å². The molecule has 0 aliphatic rings. The minimum atomic E-state index is 0.584. The van der Waals surface area contributed by atoms with Gasteiger partial charge >= 0.3 is 0 Å². The molecule has 0 saturated heterocycles. The summed E-state index contributed by atoms with van der Waals surface area (Å²) in [6.45, 7) is 0. The van der Waals surface area contributed by atoms with Gasteiger partial charge in [0, 0.05) is 5.56 Å². The van der Waals surface area contributed by atoms with Crippen molar-refractivity contribution >= 4 is 17.6 Å². The summed E-state index contributed by atoms with van der Waals surface area (Å²) >= 11 is 1.62. The minimum absolute atomic E-state index is 0.584. The number of para-hydroxylation sites is 1. The number of hydrogen-bond acceptors (Lipinski definition) is 3. The molecule has 1 aromatic heterocycles. The summed E-state index contributed by atoms with van der Waals surface area (Å²) in [6.07, 6.45) is 0.814. The summed E-state index contributed by atoms with van der Waals surface area (Å²) in [6, 6.07) is 7.58. The van der Waals surface area contributed by atoms with Crippen molar-refractivity contribution in [1.82, 2.24) is 0 Å². The van der Waals surface area contributed by atoms with E-state index >= 15 is 0 Å². The van der Waals surface area contributed by atoms with E-state index in [-0.39, 0.29) is 0 Å². The van der Waals surface area contributed by atoms with Crippen LogP contribution in [0.2, 0.25) is 0 Å². The highest BCUT2D eigenvalue weighted by Crippen LogP contribution is 2.33. The van der Waals surface area contributed by atoms with Crippen LogP contribution >= 0.6 is 11.3 Å². The summed E-state index contributed by atoms with van der Waals surface area (Å²) in [5.41, 5.74) is 2.63. The van der Waals surface area contributed by atoms with Crippen molar-refractivity contribution in [2.24, 2.45) is 0 Å². The molecule has 0 radical (unpaired) electrons. The van der Waals surface area contributed by atoms with E-state index in [2.05, 4.69) is 0 Å². The van der Waals surface area contributed by atoms with Crippen molar-refractivity contribution in [2.45, 2.75) is 0 Å². The molecule has 1 aromatic carbocycles. The molecular formula is C12H10O2S. The van der Waals surface area contributed by atoms with Crippen molar-refractivity contribution in [3.63, 3.8) is 0 Å². The molecule has 3 heteroatoms. The van der Waals surface area contributed by atoms with Gasteiger partial charge < -0.3 is 4.74 Å². The topological polar surface area (TPSA) is 26.3 Å². The van der Waals surface area contributed by atoms with E-state index in [1.54, 1.807) is 24.5 Å². The smallest absolute Gasteiger partial charge is 0.153 e. The van der Waals surface area contributed by atoms with Gasteiger partial charge in [-0.15, -0.1) is 0 Å². The molecule has 0 spiro atoms. The molecule has 15 heavy (non-hydrogen) atoms. The average Bonchev–Trinajstić information content (AvgIpc) is 2.81. The van der Waals surface area contributed by atoms with E-state index in [9.17, 15) is 4.79 Å². The maximum atomic E-state index is 10.8. The Morgan fingerprint density at radius 3 is 2.80 bits per heavy atom. The number of carbonyl (C=O) groups is 1. The largest absolute Gasteiger partial charge is 0.495 e. The SMILES string of the molecule is COc1c(C=O)cccc1-c1ccsc1. The summed E-state index contributed by atoms with van der Waals surface area (Å²) in [5, 5.41) is 4.04. The quantitative estimate of drug-likeness (QED) is 0.739. The average molecular weight is 218 g/mol. The number of rotatable bonds is 3. The van der Waals surface area contributed by atoms with E-state index in [1.165, 1.54) is 0 Å². The van der Waals surface area contributed by atoms with Crippen LogP contribution in [0.25, 0.3) is 11.1 Å². The van der Waals surface area contributed by atoms with Gasteiger partial charge in [-0.1, -0.05) is 12.1 Å². The number of thiophene rings is 1. The lowest BCUT2D eigenvalue weighted by Gasteiger charge is -2.08. The highest BCUT2D eigenvalue weighted by atomic mass is 32.1. The lowest BCUT2D eigenvalue weighted by molar-refractivity contribution is 0.112. The fourth-order valence-electron chi connectivity index (χ4n) is 1.52. The Hall–Kier alpha value is -1.61. The molecule has 0 N–H and O–H groups in total. The van der Waals surface area contributed by atoms with Gasteiger partial charge in [-0.2, -0.15) is 11.3 Å². The molecule has 0 bridgehead atoms. The number of carbonyl (C=O) groups excluding carboxylic acids is 1. The van der Waals surface area contributed by atoms with Crippen LogP contribution in [0.15, 0.2) is 35.0 Å². The fourth-order valence-corrected chi connectivity index (χ4v) is 2.18. The Bertz CT molecular complexity index is 460. The standard InChI is InChI=1S/C12H10O2S/c1-14-12-9(7-13)3-2-4-11(12)10-5-6-15-8-10/h2-8H,1H3. The lowest BCUT2D eigenvalue weighted by atomic mass is 10.0. The Balaban J connectivity index is 2.61. The van der Waals surface area contributed by atoms with Gasteiger partial charge in [-0.05, 0) is 28.5 Å². The maximum absolute atomic E-state index is 10.8. The second-order valence-electron chi connectivity index (χ2n) is 3.06. The summed E-state index contributed by atoms with van der Waals surface area (Å²) in [4.78, 5) is 10.8. The van der Waals surface area contributed by atoms with Crippen LogP contribution in [0.3, 0.4) is 0 Å². The second kappa shape index (κ2) is 4.28. The highest BCUT2D eigenvalue weighted by molar-refractivity contribution is 7.08. The highest BCUT2D eigenvalue weighted by Gasteiger charge is 2.09. The van der Waals surface area contributed by atoms with Gasteiger partial charge in [0.15, 0.2) is 6.29 Å². The van der Waals surface area contributed by atoms with Crippen LogP contribution in [-0.4, -0.2) is 13.4 Å². The zero-order valence-corrected chi connectivity index (χ0v) is 9.08. The Kier molecular flexibility index (Phi) is 2.83. The summed E-state index contributed by atoms with van der Waals surface area (Å²) in [7, 11) is 1.58. The van der Waals surface area contributed by atoms with Crippen molar-refractivity contribution in [1.29, 1.82) is 0 Å². The number of benzene rings is 1. The molecule has 0 amide bonds. The molecule has 1 heterocycles. The zero-order chi connectivity index (χ0) is 10.7. The summed E-state index contributed by atoms with van der Waals surface area (Å²) in [5.74, 6) is 0.644. The molecule has 0 aliphatic carbocycles. The van der Waals surface area contributed by atoms with Crippen LogP contribution in [0.1, 0.15) is 10.4 Å². The molecule has 0 unspecified atom stereocenters. The molecule has 2 nitrogen and oxygen atoms in total. The van der Waals surface area contributed by atoms with Crippen LogP contribution in [0, 0.1) is 0 Å². The molecule has 0 atom stereocenters. The van der Waals surface area contributed by atoms with Crippen molar-refractivity contribution in [3.8, 4) is 16.9 Å². The van der Waals surface area contributed by atoms with Crippen molar-refractivity contribution in [3.05, 3.63) is 40.6 Å². The van der Waals surface area contributed by atoms with Gasteiger partial charge in [-0.25, -0.2) is 0 Å². The predicted octanol–water partition coefficient (Wildman–Crippen LogP) is 3.24. The third-order valence-corrected chi connectivity index (χ3v) is 2.89. The maximum Gasteiger partial charge on any atom is 0.153 e. The third kappa shape index (κ3) is 1.78.